The minimum Gasteiger partial charge on any atom is -0.212 e. The molecule has 1 aromatic carbocycles. The number of hydrogen-bond donors (Lipinski definition) is 0. The molecule has 2 fully saturated rings. The van der Waals surface area contributed by atoms with Crippen molar-refractivity contribution in [3.63, 3.8) is 0 Å². The van der Waals surface area contributed by atoms with Crippen LogP contribution in [0.1, 0.15) is 36.8 Å². The second-order valence-electron chi connectivity index (χ2n) is 6.41. The number of sulfonamides is 1. The van der Waals surface area contributed by atoms with Gasteiger partial charge in [0.05, 0.1) is 5.25 Å². The normalized spacial score (nSPS) is 27.9. The Bertz CT molecular complexity index is 666. The maximum atomic E-state index is 13.9. The first kappa shape index (κ1) is 12.8. The van der Waals surface area contributed by atoms with Crippen LogP contribution in [0.15, 0.2) is 18.2 Å². The minimum absolute atomic E-state index is 0.0916. The van der Waals surface area contributed by atoms with Crippen molar-refractivity contribution in [2.24, 2.45) is 5.41 Å². The summed E-state index contributed by atoms with van der Waals surface area (Å²) in [5.41, 5.74) is 1.60. The Kier molecular flexibility index (Phi) is 2.58. The second kappa shape index (κ2) is 4.04. The first-order chi connectivity index (χ1) is 9.53. The van der Waals surface area contributed by atoms with Gasteiger partial charge in [-0.25, -0.2) is 12.8 Å². The quantitative estimate of drug-likeness (QED) is 0.840. The number of hydrogen-bond acceptors (Lipinski definition) is 2. The molecule has 0 saturated heterocycles. The molecule has 0 N–H and O–H groups in total. The minimum atomic E-state index is -3.25. The zero-order valence-corrected chi connectivity index (χ0v) is 12.1. The predicted octanol–water partition coefficient (Wildman–Crippen LogP) is 2.46. The highest BCUT2D eigenvalue weighted by atomic mass is 32.2. The van der Waals surface area contributed by atoms with Crippen LogP contribution >= 0.6 is 0 Å². The van der Waals surface area contributed by atoms with Gasteiger partial charge < -0.3 is 0 Å². The summed E-state index contributed by atoms with van der Waals surface area (Å²) in [7, 11) is -3.25. The molecule has 1 aromatic rings. The molecular formula is C15H18FNO2S. The van der Waals surface area contributed by atoms with Crippen molar-refractivity contribution in [3.8, 4) is 0 Å². The molecule has 2 saturated carbocycles. The van der Waals surface area contributed by atoms with E-state index in [4.69, 9.17) is 0 Å². The molecule has 0 aromatic heterocycles. The average molecular weight is 295 g/mol. The molecule has 2 aliphatic carbocycles. The van der Waals surface area contributed by atoms with E-state index >= 15 is 0 Å². The lowest BCUT2D eigenvalue weighted by Gasteiger charge is -2.31. The lowest BCUT2D eigenvalue weighted by Crippen LogP contribution is -2.40. The van der Waals surface area contributed by atoms with Gasteiger partial charge in [0.25, 0.3) is 0 Å². The van der Waals surface area contributed by atoms with Crippen molar-refractivity contribution < 1.29 is 12.8 Å². The predicted molar refractivity (Wildman–Crippen MR) is 74.1 cm³/mol. The van der Waals surface area contributed by atoms with Crippen LogP contribution in [-0.4, -0.2) is 24.5 Å². The van der Waals surface area contributed by atoms with Gasteiger partial charge >= 0.3 is 0 Å². The lowest BCUT2D eigenvalue weighted by molar-refractivity contribution is 0.284. The summed E-state index contributed by atoms with van der Waals surface area (Å²) >= 11 is 0. The highest BCUT2D eigenvalue weighted by molar-refractivity contribution is 7.90. The van der Waals surface area contributed by atoms with Gasteiger partial charge in [-0.1, -0.05) is 18.6 Å². The lowest BCUT2D eigenvalue weighted by atomic mass is 9.82. The van der Waals surface area contributed by atoms with Crippen molar-refractivity contribution in [2.45, 2.75) is 43.9 Å². The van der Waals surface area contributed by atoms with Crippen LogP contribution in [0.2, 0.25) is 0 Å². The molecule has 0 amide bonds. The maximum Gasteiger partial charge on any atom is 0.217 e. The summed E-state index contributed by atoms with van der Waals surface area (Å²) in [6, 6.07) is 5.01. The Labute approximate surface area is 118 Å². The molecule has 1 heterocycles. The Morgan fingerprint density at radius 2 is 2.10 bits per heavy atom. The molecule has 0 bridgehead atoms. The number of nitrogens with zero attached hydrogens (tertiary/aromatic N) is 1. The first-order valence-electron chi connectivity index (χ1n) is 7.28. The van der Waals surface area contributed by atoms with E-state index in [0.717, 1.165) is 31.2 Å². The monoisotopic (exact) mass is 295 g/mol. The van der Waals surface area contributed by atoms with Crippen LogP contribution in [0.4, 0.5) is 4.39 Å². The Morgan fingerprint density at radius 3 is 2.75 bits per heavy atom. The summed E-state index contributed by atoms with van der Waals surface area (Å²) in [6.45, 7) is 0.697. The smallest absolute Gasteiger partial charge is 0.212 e. The summed E-state index contributed by atoms with van der Waals surface area (Å²) in [5, 5.41) is -0.197. The Hall–Kier alpha value is -0.940. The highest BCUT2D eigenvalue weighted by Gasteiger charge is 2.64. The zero-order valence-electron chi connectivity index (χ0n) is 11.3. The number of fused-ring (bicyclic) bond motifs is 1. The van der Waals surface area contributed by atoms with Gasteiger partial charge in [-0.15, -0.1) is 0 Å². The number of benzene rings is 1. The molecule has 0 radical (unpaired) electrons. The van der Waals surface area contributed by atoms with E-state index < -0.39 is 10.0 Å². The van der Waals surface area contributed by atoms with Crippen LogP contribution in [0.3, 0.4) is 0 Å². The van der Waals surface area contributed by atoms with E-state index in [9.17, 15) is 12.8 Å². The summed E-state index contributed by atoms with van der Waals surface area (Å²) in [4.78, 5) is 0. The van der Waals surface area contributed by atoms with E-state index in [1.165, 1.54) is 10.4 Å². The number of halogens is 1. The average Bonchev–Trinajstić information content (AvgIpc) is 3.15. The molecule has 1 unspecified atom stereocenters. The standard InChI is InChI=1S/C15H18FNO2S/c16-13-4-1-3-11-5-8-17(10-12(11)13)20(18,19)14-9-15(14)6-2-7-15/h1,3-4,14H,2,5-10H2. The van der Waals surface area contributed by atoms with E-state index in [1.807, 2.05) is 6.07 Å². The van der Waals surface area contributed by atoms with Crippen molar-refractivity contribution in [2.75, 3.05) is 6.54 Å². The molecule has 20 heavy (non-hydrogen) atoms. The van der Waals surface area contributed by atoms with Crippen LogP contribution in [-0.2, 0) is 23.0 Å². The third kappa shape index (κ3) is 1.69. The van der Waals surface area contributed by atoms with Gasteiger partial charge in [0.15, 0.2) is 0 Å². The fourth-order valence-electron chi connectivity index (χ4n) is 3.80. The van der Waals surface area contributed by atoms with Crippen molar-refractivity contribution in [1.82, 2.24) is 4.31 Å². The van der Waals surface area contributed by atoms with Crippen molar-refractivity contribution in [3.05, 3.63) is 35.1 Å². The van der Waals surface area contributed by atoms with E-state index in [1.54, 1.807) is 6.07 Å². The fourth-order valence-corrected chi connectivity index (χ4v) is 6.23. The molecule has 1 spiro atoms. The van der Waals surface area contributed by atoms with Crippen LogP contribution < -0.4 is 0 Å². The van der Waals surface area contributed by atoms with Crippen LogP contribution in [0, 0.1) is 11.2 Å². The molecule has 108 valence electrons. The molecule has 1 aliphatic heterocycles. The van der Waals surface area contributed by atoms with E-state index in [2.05, 4.69) is 0 Å². The van der Waals surface area contributed by atoms with Crippen molar-refractivity contribution >= 4 is 10.0 Å². The van der Waals surface area contributed by atoms with E-state index in [-0.39, 0.29) is 23.0 Å². The number of rotatable bonds is 2. The maximum absolute atomic E-state index is 13.9. The van der Waals surface area contributed by atoms with Crippen LogP contribution in [0.5, 0.6) is 0 Å². The van der Waals surface area contributed by atoms with Gasteiger partial charge in [-0.3, -0.25) is 0 Å². The third-order valence-corrected chi connectivity index (χ3v) is 7.78. The summed E-state index contributed by atoms with van der Waals surface area (Å²) in [5.74, 6) is -0.281. The largest absolute Gasteiger partial charge is 0.217 e. The zero-order chi connectivity index (χ0) is 14.0. The summed E-state index contributed by atoms with van der Waals surface area (Å²) < 4.78 is 40.7. The summed E-state index contributed by atoms with van der Waals surface area (Å²) in [6.07, 6.45) is 4.69. The molecule has 1 atom stereocenters. The Balaban J connectivity index is 1.60. The fraction of sp³-hybridized carbons (Fsp3) is 0.600. The van der Waals surface area contributed by atoms with Gasteiger partial charge in [-0.05, 0) is 42.7 Å². The molecule has 5 heteroatoms. The topological polar surface area (TPSA) is 37.4 Å². The van der Waals surface area contributed by atoms with Crippen molar-refractivity contribution in [1.29, 1.82) is 0 Å². The van der Waals surface area contributed by atoms with Gasteiger partial charge in [0, 0.05) is 18.7 Å². The Morgan fingerprint density at radius 1 is 1.30 bits per heavy atom. The van der Waals surface area contributed by atoms with Crippen LogP contribution in [0.25, 0.3) is 0 Å². The van der Waals surface area contributed by atoms with Gasteiger partial charge in [0.1, 0.15) is 5.82 Å². The van der Waals surface area contributed by atoms with E-state index in [0.29, 0.717) is 18.5 Å². The van der Waals surface area contributed by atoms with Gasteiger partial charge in [0.2, 0.25) is 10.0 Å². The highest BCUT2D eigenvalue weighted by Crippen LogP contribution is 2.64. The molecule has 3 nitrogen and oxygen atoms in total. The first-order valence-corrected chi connectivity index (χ1v) is 8.78. The molecule has 3 aliphatic rings. The molecule has 4 rings (SSSR count). The third-order valence-electron chi connectivity index (χ3n) is 5.36. The van der Waals surface area contributed by atoms with Gasteiger partial charge in [-0.2, -0.15) is 4.31 Å². The second-order valence-corrected chi connectivity index (χ2v) is 8.53. The SMILES string of the molecule is O=S(=O)(C1CC12CCC2)N1CCc2cccc(F)c2C1. The molecular weight excluding hydrogens is 277 g/mol.